The Labute approximate surface area is 160 Å². The number of ether oxygens (including phenoxy) is 3. The van der Waals surface area contributed by atoms with Gasteiger partial charge in [-0.15, -0.1) is 0 Å². The summed E-state index contributed by atoms with van der Waals surface area (Å²) in [6.07, 6.45) is 1.73. The quantitative estimate of drug-likeness (QED) is 0.438. The second-order valence-corrected chi connectivity index (χ2v) is 7.24. The second kappa shape index (κ2) is 6.81. The number of Topliss-reactive ketones (excluding diaryl/α,β-unsaturated/α-hetero) is 1. The van der Waals surface area contributed by atoms with Gasteiger partial charge in [-0.05, 0) is 43.9 Å². The van der Waals surface area contributed by atoms with E-state index in [-0.39, 0.29) is 5.92 Å². The van der Waals surface area contributed by atoms with E-state index in [0.29, 0.717) is 30.3 Å². The molecule has 2 fully saturated rings. The number of hydrogen-bond acceptors (Lipinski definition) is 7. The van der Waals surface area contributed by atoms with E-state index in [0.717, 1.165) is 17.7 Å². The molecule has 3 amide bonds. The second-order valence-electron chi connectivity index (χ2n) is 7.24. The van der Waals surface area contributed by atoms with Gasteiger partial charge in [-0.1, -0.05) is 0 Å². The number of amides is 3. The predicted molar refractivity (Wildman–Crippen MR) is 94.1 cm³/mol. The van der Waals surface area contributed by atoms with E-state index >= 15 is 0 Å². The maximum Gasteiger partial charge on any atom is 0.326 e. The van der Waals surface area contributed by atoms with Crippen molar-refractivity contribution >= 4 is 23.7 Å². The van der Waals surface area contributed by atoms with E-state index < -0.39 is 42.4 Å². The van der Waals surface area contributed by atoms with Crippen LogP contribution < -0.4 is 14.8 Å². The lowest BCUT2D eigenvalue weighted by atomic mass is 9.96. The monoisotopic (exact) mass is 388 g/mol. The Hall–Kier alpha value is -3.10. The molecule has 1 N–H and O–H groups in total. The van der Waals surface area contributed by atoms with Crippen LogP contribution in [0.25, 0.3) is 0 Å². The summed E-state index contributed by atoms with van der Waals surface area (Å²) < 4.78 is 15.8. The van der Waals surface area contributed by atoms with Crippen molar-refractivity contribution in [3.63, 3.8) is 0 Å². The highest BCUT2D eigenvalue weighted by atomic mass is 16.6. The fourth-order valence-electron chi connectivity index (χ4n) is 3.42. The number of carbonyl (C=O) groups excluding carboxylic acids is 4. The SMILES string of the molecule is C[C@@]1(C2CC2)NC(=O)N(CC(=O)OCC(=O)c2ccc3c(c2)OCCO3)C1=O. The Morgan fingerprint density at radius 1 is 1.21 bits per heavy atom. The summed E-state index contributed by atoms with van der Waals surface area (Å²) in [5.41, 5.74) is -0.647. The van der Waals surface area contributed by atoms with Gasteiger partial charge in [0.15, 0.2) is 23.9 Å². The van der Waals surface area contributed by atoms with Crippen molar-refractivity contribution in [2.45, 2.75) is 25.3 Å². The third kappa shape index (κ3) is 3.28. The van der Waals surface area contributed by atoms with Crippen LogP contribution >= 0.6 is 0 Å². The molecule has 0 aromatic heterocycles. The Bertz CT molecular complexity index is 864. The Morgan fingerprint density at radius 2 is 1.93 bits per heavy atom. The highest BCUT2D eigenvalue weighted by Gasteiger charge is 2.56. The smallest absolute Gasteiger partial charge is 0.326 e. The zero-order chi connectivity index (χ0) is 19.9. The molecular formula is C19H20N2O7. The number of nitrogens with zero attached hydrogens (tertiary/aromatic N) is 1. The molecule has 9 nitrogen and oxygen atoms in total. The first-order valence-corrected chi connectivity index (χ1v) is 9.11. The van der Waals surface area contributed by atoms with E-state index in [2.05, 4.69) is 5.32 Å². The summed E-state index contributed by atoms with van der Waals surface area (Å²) in [5.74, 6) is -0.573. The molecule has 148 valence electrons. The lowest BCUT2D eigenvalue weighted by molar-refractivity contribution is -0.146. The van der Waals surface area contributed by atoms with Gasteiger partial charge in [0, 0.05) is 5.56 Å². The van der Waals surface area contributed by atoms with Gasteiger partial charge in [-0.3, -0.25) is 19.3 Å². The maximum absolute atomic E-state index is 12.5. The minimum Gasteiger partial charge on any atom is -0.486 e. The minimum atomic E-state index is -0.960. The van der Waals surface area contributed by atoms with Crippen molar-refractivity contribution in [1.82, 2.24) is 10.2 Å². The van der Waals surface area contributed by atoms with Crippen molar-refractivity contribution in [2.75, 3.05) is 26.4 Å². The van der Waals surface area contributed by atoms with E-state index in [1.807, 2.05) is 0 Å². The van der Waals surface area contributed by atoms with Gasteiger partial charge in [0.05, 0.1) is 0 Å². The number of imide groups is 1. The topological polar surface area (TPSA) is 111 Å². The van der Waals surface area contributed by atoms with Crippen LogP contribution in [-0.4, -0.2) is 60.5 Å². The number of benzene rings is 1. The molecule has 4 rings (SSSR count). The molecule has 2 heterocycles. The zero-order valence-corrected chi connectivity index (χ0v) is 15.4. The van der Waals surface area contributed by atoms with E-state index in [4.69, 9.17) is 14.2 Å². The number of rotatable bonds is 6. The molecule has 28 heavy (non-hydrogen) atoms. The third-order valence-corrected chi connectivity index (χ3v) is 5.21. The summed E-state index contributed by atoms with van der Waals surface area (Å²) in [6.45, 7) is 1.48. The molecule has 9 heteroatoms. The van der Waals surface area contributed by atoms with Crippen LogP contribution in [0.1, 0.15) is 30.1 Å². The van der Waals surface area contributed by atoms with Crippen molar-refractivity contribution in [3.05, 3.63) is 23.8 Å². The number of ketones is 1. The van der Waals surface area contributed by atoms with Gasteiger partial charge in [0.2, 0.25) is 0 Å². The van der Waals surface area contributed by atoms with E-state index in [9.17, 15) is 19.2 Å². The highest BCUT2D eigenvalue weighted by Crippen LogP contribution is 2.42. The van der Waals surface area contributed by atoms with E-state index in [1.54, 1.807) is 19.1 Å². The molecule has 1 aromatic carbocycles. The van der Waals surface area contributed by atoms with Gasteiger partial charge in [-0.2, -0.15) is 0 Å². The number of hydrogen-bond donors (Lipinski definition) is 1. The first kappa shape index (κ1) is 18.3. The van der Waals surface area contributed by atoms with Gasteiger partial charge < -0.3 is 19.5 Å². The molecule has 0 bridgehead atoms. The van der Waals surface area contributed by atoms with Gasteiger partial charge in [0.1, 0.15) is 25.3 Å². The average Bonchev–Trinajstić information content (AvgIpc) is 3.52. The first-order valence-electron chi connectivity index (χ1n) is 9.11. The lowest BCUT2D eigenvalue weighted by Crippen LogP contribution is -2.46. The fourth-order valence-corrected chi connectivity index (χ4v) is 3.42. The lowest BCUT2D eigenvalue weighted by Gasteiger charge is -2.20. The van der Waals surface area contributed by atoms with Crippen molar-refractivity contribution in [2.24, 2.45) is 5.92 Å². The van der Waals surface area contributed by atoms with Crippen LogP contribution in [0.3, 0.4) is 0 Å². The van der Waals surface area contributed by atoms with Gasteiger partial charge in [0.25, 0.3) is 5.91 Å². The molecule has 0 spiro atoms. The summed E-state index contributed by atoms with van der Waals surface area (Å²) in [4.78, 5) is 49.7. The average molecular weight is 388 g/mol. The summed E-state index contributed by atoms with van der Waals surface area (Å²) in [6, 6.07) is 4.09. The zero-order valence-electron chi connectivity index (χ0n) is 15.4. The summed E-state index contributed by atoms with van der Waals surface area (Å²) in [5, 5.41) is 2.65. The predicted octanol–water partition coefficient (Wildman–Crippen LogP) is 0.904. The van der Waals surface area contributed by atoms with Crippen LogP contribution in [0.4, 0.5) is 4.79 Å². The molecule has 3 aliphatic rings. The van der Waals surface area contributed by atoms with Crippen LogP contribution in [0.15, 0.2) is 18.2 Å². The van der Waals surface area contributed by atoms with Crippen LogP contribution in [0.5, 0.6) is 11.5 Å². The molecule has 1 atom stereocenters. The van der Waals surface area contributed by atoms with Crippen LogP contribution in [-0.2, 0) is 14.3 Å². The molecule has 2 aliphatic heterocycles. The number of esters is 1. The maximum atomic E-state index is 12.5. The molecule has 1 aromatic rings. The van der Waals surface area contributed by atoms with Gasteiger partial charge in [-0.25, -0.2) is 4.79 Å². The molecule has 1 aliphatic carbocycles. The fraction of sp³-hybridized carbons (Fsp3) is 0.474. The number of urea groups is 1. The standard InChI is InChI=1S/C19H20N2O7/c1-19(12-3-4-12)17(24)21(18(25)20-19)9-16(23)28-10-13(22)11-2-5-14-15(8-11)27-7-6-26-14/h2,5,8,12H,3-4,6-7,9-10H2,1H3,(H,20,25)/t19-/m0/s1. The third-order valence-electron chi connectivity index (χ3n) is 5.21. The van der Waals surface area contributed by atoms with Gasteiger partial charge >= 0.3 is 12.0 Å². The minimum absolute atomic E-state index is 0.0988. The van der Waals surface area contributed by atoms with Crippen LogP contribution in [0, 0.1) is 5.92 Å². The molecule has 1 saturated carbocycles. The van der Waals surface area contributed by atoms with Crippen molar-refractivity contribution < 1.29 is 33.4 Å². The van der Waals surface area contributed by atoms with Crippen LogP contribution in [0.2, 0.25) is 0 Å². The molecule has 1 saturated heterocycles. The van der Waals surface area contributed by atoms with Crippen molar-refractivity contribution in [1.29, 1.82) is 0 Å². The number of nitrogens with one attached hydrogen (secondary N) is 1. The number of carbonyl (C=O) groups is 4. The molecule has 0 unspecified atom stereocenters. The summed E-state index contributed by atoms with van der Waals surface area (Å²) in [7, 11) is 0. The summed E-state index contributed by atoms with van der Waals surface area (Å²) >= 11 is 0. The normalized spacial score (nSPS) is 23.4. The van der Waals surface area contributed by atoms with E-state index in [1.165, 1.54) is 6.07 Å². The highest BCUT2D eigenvalue weighted by molar-refractivity contribution is 6.09. The molecular weight excluding hydrogens is 368 g/mol. The Kier molecular flexibility index (Phi) is 4.44. The first-order chi connectivity index (χ1) is 13.4. The molecule has 0 radical (unpaired) electrons. The number of fused-ring (bicyclic) bond motifs is 1. The Balaban J connectivity index is 1.32. The largest absolute Gasteiger partial charge is 0.486 e. The van der Waals surface area contributed by atoms with Crippen molar-refractivity contribution in [3.8, 4) is 11.5 Å². The Morgan fingerprint density at radius 3 is 2.64 bits per heavy atom.